The molecule has 0 aliphatic carbocycles. The number of ketones is 1. The van der Waals surface area contributed by atoms with E-state index in [1.165, 1.54) is 4.90 Å². The first-order valence-electron chi connectivity index (χ1n) is 8.70. The molecule has 2 rings (SSSR count). The van der Waals surface area contributed by atoms with Crippen LogP contribution in [-0.2, 0) is 14.3 Å². The van der Waals surface area contributed by atoms with Gasteiger partial charge in [-0.05, 0) is 39.5 Å². The van der Waals surface area contributed by atoms with Crippen LogP contribution in [0.15, 0.2) is 0 Å². The fraction of sp³-hybridized carbons (Fsp3) is 0.778. The third-order valence-corrected chi connectivity index (χ3v) is 4.49. The van der Waals surface area contributed by atoms with Crippen LogP contribution < -0.4 is 0 Å². The lowest BCUT2D eigenvalue weighted by molar-refractivity contribution is -0.182. The Hall–Kier alpha value is -1.72. The molecule has 146 valence electrons. The van der Waals surface area contributed by atoms with E-state index in [-0.39, 0.29) is 13.1 Å². The predicted molar refractivity (Wildman–Crippen MR) is 90.9 cm³/mol. The summed E-state index contributed by atoms with van der Waals surface area (Å²) in [5.74, 6) is 1.48. The van der Waals surface area contributed by atoms with Gasteiger partial charge in [0.2, 0.25) is 5.78 Å². The van der Waals surface area contributed by atoms with Crippen molar-refractivity contribution in [2.75, 3.05) is 32.7 Å². The number of piperidine rings is 1. The van der Waals surface area contributed by atoms with E-state index in [2.05, 4.69) is 0 Å². The van der Waals surface area contributed by atoms with E-state index in [1.54, 1.807) is 25.7 Å². The van der Waals surface area contributed by atoms with Gasteiger partial charge in [0.25, 0.3) is 6.43 Å². The Morgan fingerprint density at radius 3 is 2.46 bits per heavy atom. The van der Waals surface area contributed by atoms with E-state index < -0.39 is 42.2 Å². The largest absolute Gasteiger partial charge is 0.444 e. The van der Waals surface area contributed by atoms with Crippen LogP contribution in [0.5, 0.6) is 0 Å². The summed E-state index contributed by atoms with van der Waals surface area (Å²) in [6.45, 7) is 6.02. The van der Waals surface area contributed by atoms with Gasteiger partial charge >= 0.3 is 6.09 Å². The van der Waals surface area contributed by atoms with Crippen LogP contribution in [0.25, 0.3) is 0 Å². The summed E-state index contributed by atoms with van der Waals surface area (Å²) in [6, 6.07) is 0. The van der Waals surface area contributed by atoms with Crippen molar-refractivity contribution in [3.63, 3.8) is 0 Å². The zero-order valence-corrected chi connectivity index (χ0v) is 15.5. The summed E-state index contributed by atoms with van der Waals surface area (Å²) in [6.07, 6.45) is 2.20. The predicted octanol–water partition coefficient (Wildman–Crippen LogP) is 1.92. The summed E-state index contributed by atoms with van der Waals surface area (Å²) < 4.78 is 37.0. The number of hydrogen-bond donors (Lipinski definition) is 0. The molecule has 0 bridgehead atoms. The summed E-state index contributed by atoms with van der Waals surface area (Å²) in [7, 11) is 0. The first-order chi connectivity index (χ1) is 12.0. The average Bonchev–Trinajstić information content (AvgIpc) is 2.52. The minimum Gasteiger partial charge on any atom is -0.444 e. The van der Waals surface area contributed by atoms with Crippen molar-refractivity contribution in [3.8, 4) is 12.3 Å². The number of amides is 1. The molecule has 0 saturated carbocycles. The number of likely N-dealkylation sites (tertiary alicyclic amines) is 1. The average molecular weight is 372 g/mol. The van der Waals surface area contributed by atoms with Crippen molar-refractivity contribution < 1.29 is 27.8 Å². The fourth-order valence-electron chi connectivity index (χ4n) is 3.35. The van der Waals surface area contributed by atoms with E-state index in [0.29, 0.717) is 25.9 Å². The van der Waals surface area contributed by atoms with Gasteiger partial charge in [0.15, 0.2) is 0 Å². The number of morpholine rings is 1. The molecule has 1 atom stereocenters. The quantitative estimate of drug-likeness (QED) is 0.560. The number of carbonyl (C=O) groups excluding carboxylic acids is 2. The summed E-state index contributed by atoms with van der Waals surface area (Å²) in [5, 5.41) is 0. The summed E-state index contributed by atoms with van der Waals surface area (Å²) in [4.78, 5) is 27.2. The van der Waals surface area contributed by atoms with E-state index in [4.69, 9.17) is 15.9 Å². The Labute approximate surface area is 152 Å². The van der Waals surface area contributed by atoms with E-state index in [9.17, 15) is 18.4 Å². The van der Waals surface area contributed by atoms with Gasteiger partial charge in [0.1, 0.15) is 11.7 Å². The van der Waals surface area contributed by atoms with Gasteiger partial charge in [0, 0.05) is 26.2 Å². The van der Waals surface area contributed by atoms with E-state index in [1.807, 2.05) is 5.92 Å². The van der Waals surface area contributed by atoms with Crippen molar-refractivity contribution in [2.24, 2.45) is 0 Å². The fourth-order valence-corrected chi connectivity index (χ4v) is 3.35. The van der Waals surface area contributed by atoms with Gasteiger partial charge in [-0.1, -0.05) is 0 Å². The molecule has 8 heteroatoms. The van der Waals surface area contributed by atoms with Crippen LogP contribution in [0.3, 0.4) is 0 Å². The van der Waals surface area contributed by atoms with E-state index >= 15 is 0 Å². The van der Waals surface area contributed by atoms with Crippen molar-refractivity contribution in [2.45, 2.75) is 57.3 Å². The highest BCUT2D eigenvalue weighted by molar-refractivity contribution is 5.98. The standard InChI is InChI=1S/C18H26F2N2O4/c1-5-13(23)14-10-21(11-15(19)20)12-18(25-14)6-8-22(9-7-18)16(24)26-17(2,3)4/h1,14-15H,6-12H2,2-4H3. The molecule has 1 unspecified atom stereocenters. The van der Waals surface area contributed by atoms with Crippen LogP contribution in [0.2, 0.25) is 0 Å². The normalized spacial score (nSPS) is 23.7. The van der Waals surface area contributed by atoms with Crippen LogP contribution >= 0.6 is 0 Å². The van der Waals surface area contributed by atoms with Crippen molar-refractivity contribution in [1.29, 1.82) is 0 Å². The number of hydrogen-bond acceptors (Lipinski definition) is 5. The highest BCUT2D eigenvalue weighted by atomic mass is 19.3. The molecular formula is C18H26F2N2O4. The highest BCUT2D eigenvalue weighted by Crippen LogP contribution is 2.33. The van der Waals surface area contributed by atoms with Gasteiger partial charge in [-0.3, -0.25) is 9.69 Å². The monoisotopic (exact) mass is 372 g/mol. The summed E-state index contributed by atoms with van der Waals surface area (Å²) >= 11 is 0. The smallest absolute Gasteiger partial charge is 0.410 e. The molecular weight excluding hydrogens is 346 g/mol. The second-order valence-electron chi connectivity index (χ2n) is 7.85. The maximum absolute atomic E-state index is 12.8. The molecule has 2 fully saturated rings. The van der Waals surface area contributed by atoms with Crippen molar-refractivity contribution in [3.05, 3.63) is 0 Å². The molecule has 0 aromatic carbocycles. The number of carbonyl (C=O) groups is 2. The Morgan fingerprint density at radius 2 is 1.96 bits per heavy atom. The van der Waals surface area contributed by atoms with Crippen molar-refractivity contribution in [1.82, 2.24) is 9.80 Å². The third kappa shape index (κ3) is 5.39. The number of alkyl halides is 2. The molecule has 6 nitrogen and oxygen atoms in total. The zero-order valence-electron chi connectivity index (χ0n) is 15.5. The Bertz CT molecular complexity index is 575. The van der Waals surface area contributed by atoms with Crippen LogP contribution in [0.1, 0.15) is 33.6 Å². The van der Waals surface area contributed by atoms with Gasteiger partial charge in [0.05, 0.1) is 12.1 Å². The lowest BCUT2D eigenvalue weighted by Crippen LogP contribution is -2.62. The first-order valence-corrected chi connectivity index (χ1v) is 8.70. The van der Waals surface area contributed by atoms with Crippen LogP contribution in [0, 0.1) is 12.3 Å². The highest BCUT2D eigenvalue weighted by Gasteiger charge is 2.46. The number of rotatable bonds is 3. The molecule has 0 N–H and O–H groups in total. The van der Waals surface area contributed by atoms with Crippen molar-refractivity contribution >= 4 is 11.9 Å². The van der Waals surface area contributed by atoms with Gasteiger partial charge < -0.3 is 14.4 Å². The number of nitrogens with zero attached hydrogens (tertiary/aromatic N) is 2. The zero-order chi connectivity index (χ0) is 19.5. The molecule has 2 aliphatic rings. The Balaban J connectivity index is 2.05. The number of Topliss-reactive ketones (excluding diaryl/α,β-unsaturated/α-hetero) is 1. The molecule has 26 heavy (non-hydrogen) atoms. The Kier molecular flexibility index (Phi) is 6.25. The maximum Gasteiger partial charge on any atom is 0.410 e. The van der Waals surface area contributed by atoms with E-state index in [0.717, 1.165) is 0 Å². The van der Waals surface area contributed by atoms with Crippen LogP contribution in [-0.4, -0.2) is 78.1 Å². The summed E-state index contributed by atoms with van der Waals surface area (Å²) in [5.41, 5.74) is -1.35. The molecule has 0 aromatic heterocycles. The molecule has 1 spiro atoms. The number of halogens is 2. The van der Waals surface area contributed by atoms with Crippen LogP contribution in [0.4, 0.5) is 13.6 Å². The lowest BCUT2D eigenvalue weighted by atomic mass is 9.88. The minimum absolute atomic E-state index is 0.0604. The molecule has 1 amide bonds. The molecule has 2 aliphatic heterocycles. The number of terminal acetylenes is 1. The molecule has 2 heterocycles. The molecule has 2 saturated heterocycles. The lowest BCUT2D eigenvalue weighted by Gasteiger charge is -2.49. The second-order valence-corrected chi connectivity index (χ2v) is 7.85. The SMILES string of the molecule is C#CC(=O)C1CN(CC(F)F)CC2(CCN(C(=O)OC(C)(C)C)CC2)O1. The minimum atomic E-state index is -2.51. The number of ether oxygens (including phenoxy) is 2. The first kappa shape index (κ1) is 20.6. The Morgan fingerprint density at radius 1 is 1.35 bits per heavy atom. The van der Waals surface area contributed by atoms with Gasteiger partial charge in [-0.2, -0.15) is 0 Å². The van der Waals surface area contributed by atoms with Gasteiger partial charge in [-0.25, -0.2) is 13.6 Å². The second kappa shape index (κ2) is 7.89. The maximum atomic E-state index is 12.8. The molecule has 0 aromatic rings. The third-order valence-electron chi connectivity index (χ3n) is 4.49. The topological polar surface area (TPSA) is 59.1 Å². The molecule has 0 radical (unpaired) electrons. The van der Waals surface area contributed by atoms with Gasteiger partial charge in [-0.15, -0.1) is 6.42 Å².